The fourth-order valence-corrected chi connectivity index (χ4v) is 5.19. The second kappa shape index (κ2) is 5.04. The fraction of sp³-hybridized carbons (Fsp3) is 0.524. The largest absolute Gasteiger partial charge is 0.390 e. The molecule has 2 aromatic rings. The summed E-state index contributed by atoms with van der Waals surface area (Å²) in [6.45, 7) is 3.65. The van der Waals surface area contributed by atoms with Crippen molar-refractivity contribution in [2.45, 2.75) is 44.1 Å². The zero-order valence-corrected chi connectivity index (χ0v) is 14.6. The first-order valence-electron chi connectivity index (χ1n) is 9.28. The highest BCUT2D eigenvalue weighted by Gasteiger charge is 2.55. The number of pyridine rings is 1. The maximum absolute atomic E-state index is 12.4. The Kier molecular flexibility index (Phi) is 3.09. The van der Waals surface area contributed by atoms with Crippen molar-refractivity contribution in [3.05, 3.63) is 42.2 Å². The van der Waals surface area contributed by atoms with Gasteiger partial charge in [0.15, 0.2) is 0 Å². The van der Waals surface area contributed by atoms with Crippen molar-refractivity contribution in [1.29, 1.82) is 0 Å². The Morgan fingerprint density at radius 3 is 2.64 bits per heavy atom. The Balaban J connectivity index is 1.19. The molecular formula is C21H24N2O2. The van der Waals surface area contributed by atoms with Gasteiger partial charge in [0.1, 0.15) is 0 Å². The first-order chi connectivity index (χ1) is 11.9. The third-order valence-electron chi connectivity index (χ3n) is 6.58. The van der Waals surface area contributed by atoms with E-state index in [1.807, 2.05) is 24.2 Å². The van der Waals surface area contributed by atoms with E-state index in [9.17, 15) is 9.90 Å². The van der Waals surface area contributed by atoms with Crippen molar-refractivity contribution >= 4 is 16.7 Å². The number of rotatable bonds is 2. The van der Waals surface area contributed by atoms with E-state index in [2.05, 4.69) is 29.2 Å². The first kappa shape index (κ1) is 15.3. The first-order valence-corrected chi connectivity index (χ1v) is 9.28. The average molecular weight is 336 g/mol. The monoisotopic (exact) mass is 336 g/mol. The molecule has 0 unspecified atom stereocenters. The Hall–Kier alpha value is -1.94. The summed E-state index contributed by atoms with van der Waals surface area (Å²) < 4.78 is 0. The SMILES string of the molecule is C[C@]1(O)C[C@@H](C(=O)N2CC3(CC(c4ccc5ccncc5c4)C3)C2)C1. The smallest absolute Gasteiger partial charge is 0.225 e. The van der Waals surface area contributed by atoms with Gasteiger partial charge in [0, 0.05) is 42.2 Å². The van der Waals surface area contributed by atoms with E-state index < -0.39 is 5.60 Å². The second-order valence-corrected chi connectivity index (χ2v) is 8.88. The summed E-state index contributed by atoms with van der Waals surface area (Å²) in [7, 11) is 0. The van der Waals surface area contributed by atoms with Crippen LogP contribution in [0.1, 0.15) is 44.1 Å². The molecule has 0 bridgehead atoms. The maximum atomic E-state index is 12.4. The van der Waals surface area contributed by atoms with E-state index in [0.717, 1.165) is 13.1 Å². The third-order valence-corrected chi connectivity index (χ3v) is 6.58. The van der Waals surface area contributed by atoms with Gasteiger partial charge >= 0.3 is 0 Å². The van der Waals surface area contributed by atoms with Gasteiger partial charge in [-0.25, -0.2) is 0 Å². The molecule has 1 amide bonds. The Labute approximate surface area is 147 Å². The van der Waals surface area contributed by atoms with Crippen LogP contribution in [-0.2, 0) is 4.79 Å². The molecule has 1 spiro atoms. The van der Waals surface area contributed by atoms with Crippen molar-refractivity contribution < 1.29 is 9.90 Å². The lowest BCUT2D eigenvalue weighted by Gasteiger charge is -2.60. The summed E-state index contributed by atoms with van der Waals surface area (Å²) in [5.74, 6) is 0.930. The molecule has 2 aliphatic carbocycles. The van der Waals surface area contributed by atoms with E-state index in [0.29, 0.717) is 24.2 Å². The quantitative estimate of drug-likeness (QED) is 0.917. The number of aliphatic hydroxyl groups is 1. The molecule has 1 aliphatic heterocycles. The molecule has 1 N–H and O–H groups in total. The number of likely N-dealkylation sites (tertiary alicyclic amines) is 1. The number of hydrogen-bond acceptors (Lipinski definition) is 3. The molecule has 3 fully saturated rings. The van der Waals surface area contributed by atoms with Crippen LogP contribution in [0.15, 0.2) is 36.7 Å². The standard InChI is InChI=1S/C21H24N2O2/c1-20(25)7-18(8-20)19(24)23-12-21(13-23)9-17(10-21)15-3-2-14-4-5-22-11-16(14)6-15/h2-6,11,17-18,25H,7-10,12-13H2,1H3/t18-,20+. The summed E-state index contributed by atoms with van der Waals surface area (Å²) in [6, 6.07) is 8.76. The highest BCUT2D eigenvalue weighted by Crippen LogP contribution is 2.57. The topological polar surface area (TPSA) is 53.4 Å². The van der Waals surface area contributed by atoms with Crippen LogP contribution in [0.3, 0.4) is 0 Å². The fourth-order valence-electron chi connectivity index (χ4n) is 5.19. The summed E-state index contributed by atoms with van der Waals surface area (Å²) in [4.78, 5) is 18.7. The normalized spacial score (nSPS) is 30.6. The van der Waals surface area contributed by atoms with Crippen LogP contribution in [0, 0.1) is 11.3 Å². The lowest BCUT2D eigenvalue weighted by molar-refractivity contribution is -0.168. The summed E-state index contributed by atoms with van der Waals surface area (Å²) >= 11 is 0. The number of hydrogen-bond donors (Lipinski definition) is 1. The number of aromatic nitrogens is 1. The minimum Gasteiger partial charge on any atom is -0.390 e. The van der Waals surface area contributed by atoms with Crippen molar-refractivity contribution in [1.82, 2.24) is 9.88 Å². The molecule has 0 atom stereocenters. The lowest BCUT2D eigenvalue weighted by atomic mass is 9.55. The van der Waals surface area contributed by atoms with Crippen LogP contribution < -0.4 is 0 Å². The van der Waals surface area contributed by atoms with Gasteiger partial charge in [0.25, 0.3) is 0 Å². The molecule has 2 heterocycles. The van der Waals surface area contributed by atoms with Gasteiger partial charge in [-0.3, -0.25) is 9.78 Å². The van der Waals surface area contributed by atoms with Crippen LogP contribution in [0.2, 0.25) is 0 Å². The maximum Gasteiger partial charge on any atom is 0.225 e. The van der Waals surface area contributed by atoms with Crippen LogP contribution in [-0.4, -0.2) is 39.6 Å². The Morgan fingerprint density at radius 2 is 1.92 bits per heavy atom. The lowest BCUT2D eigenvalue weighted by Crippen LogP contribution is -2.65. The summed E-state index contributed by atoms with van der Waals surface area (Å²) in [5.41, 5.74) is 1.15. The molecule has 4 nitrogen and oxygen atoms in total. The van der Waals surface area contributed by atoms with Crippen LogP contribution in [0.4, 0.5) is 0 Å². The van der Waals surface area contributed by atoms with Crippen molar-refractivity contribution in [3.63, 3.8) is 0 Å². The summed E-state index contributed by atoms with van der Waals surface area (Å²) in [6.07, 6.45) is 7.40. The van der Waals surface area contributed by atoms with Crippen molar-refractivity contribution in [3.8, 4) is 0 Å². The second-order valence-electron chi connectivity index (χ2n) is 8.88. The Bertz CT molecular complexity index is 838. The van der Waals surface area contributed by atoms with E-state index in [1.165, 1.54) is 29.2 Å². The number of fused-ring (bicyclic) bond motifs is 1. The summed E-state index contributed by atoms with van der Waals surface area (Å²) in [5, 5.41) is 12.3. The highest BCUT2D eigenvalue weighted by molar-refractivity contribution is 5.82. The minimum atomic E-state index is -0.616. The van der Waals surface area contributed by atoms with Gasteiger partial charge in [-0.15, -0.1) is 0 Å². The third kappa shape index (κ3) is 2.46. The van der Waals surface area contributed by atoms with Crippen LogP contribution in [0.25, 0.3) is 10.8 Å². The van der Waals surface area contributed by atoms with Gasteiger partial charge in [0.05, 0.1) is 5.60 Å². The van der Waals surface area contributed by atoms with Gasteiger partial charge < -0.3 is 10.0 Å². The molecular weight excluding hydrogens is 312 g/mol. The molecule has 1 aromatic carbocycles. The van der Waals surface area contributed by atoms with Crippen molar-refractivity contribution in [2.75, 3.05) is 13.1 Å². The van der Waals surface area contributed by atoms with Gasteiger partial charge in [-0.1, -0.05) is 12.1 Å². The number of nitrogens with zero attached hydrogens (tertiary/aromatic N) is 2. The number of amides is 1. The zero-order valence-electron chi connectivity index (χ0n) is 14.6. The van der Waals surface area contributed by atoms with Crippen molar-refractivity contribution in [2.24, 2.45) is 11.3 Å². The van der Waals surface area contributed by atoms with E-state index >= 15 is 0 Å². The minimum absolute atomic E-state index is 0.0520. The molecule has 1 saturated heterocycles. The number of benzene rings is 1. The zero-order chi connectivity index (χ0) is 17.2. The molecule has 4 heteroatoms. The van der Waals surface area contributed by atoms with Crippen LogP contribution >= 0.6 is 0 Å². The Morgan fingerprint density at radius 1 is 1.16 bits per heavy atom. The van der Waals surface area contributed by atoms with Gasteiger partial charge in [-0.2, -0.15) is 0 Å². The van der Waals surface area contributed by atoms with E-state index in [4.69, 9.17) is 0 Å². The molecule has 25 heavy (non-hydrogen) atoms. The highest BCUT2D eigenvalue weighted by atomic mass is 16.3. The molecule has 1 aromatic heterocycles. The predicted octanol–water partition coefficient (Wildman–Crippen LogP) is 3.10. The van der Waals surface area contributed by atoms with Crippen LogP contribution in [0.5, 0.6) is 0 Å². The predicted molar refractivity (Wildman–Crippen MR) is 96.1 cm³/mol. The molecule has 5 rings (SSSR count). The average Bonchev–Trinajstić information content (AvgIpc) is 2.49. The molecule has 3 aliphatic rings. The molecule has 0 radical (unpaired) electrons. The molecule has 130 valence electrons. The molecule has 2 saturated carbocycles. The number of carbonyl (C=O) groups is 1. The van der Waals surface area contributed by atoms with E-state index in [1.54, 1.807) is 0 Å². The van der Waals surface area contributed by atoms with Gasteiger partial charge in [-0.05, 0) is 61.6 Å². The van der Waals surface area contributed by atoms with E-state index in [-0.39, 0.29) is 11.8 Å². The number of carbonyl (C=O) groups excluding carboxylic acids is 1. The van der Waals surface area contributed by atoms with Gasteiger partial charge in [0.2, 0.25) is 5.91 Å².